The van der Waals surface area contributed by atoms with E-state index in [2.05, 4.69) is 32.9 Å². The van der Waals surface area contributed by atoms with Crippen LogP contribution in [0.5, 0.6) is 11.5 Å². The molecular weight excluding hydrogens is 208 g/mol. The molecule has 0 fully saturated rings. The van der Waals surface area contributed by atoms with Gasteiger partial charge < -0.3 is 4.74 Å². The zero-order valence-electron chi connectivity index (χ0n) is 10.6. The summed E-state index contributed by atoms with van der Waals surface area (Å²) in [4.78, 5) is 0. The van der Waals surface area contributed by atoms with E-state index in [1.54, 1.807) is 0 Å². The highest BCUT2D eigenvalue weighted by Crippen LogP contribution is 2.33. The summed E-state index contributed by atoms with van der Waals surface area (Å²) >= 11 is 0. The molecule has 0 aliphatic rings. The summed E-state index contributed by atoms with van der Waals surface area (Å²) in [5.41, 5.74) is 1.31. The van der Waals surface area contributed by atoms with Crippen molar-refractivity contribution in [2.24, 2.45) is 0 Å². The Hall–Kier alpha value is -1.76. The molecule has 2 aromatic carbocycles. The van der Waals surface area contributed by atoms with Gasteiger partial charge in [-0.1, -0.05) is 57.2 Å². The average Bonchev–Trinajstić information content (AvgIpc) is 2.30. The molecule has 17 heavy (non-hydrogen) atoms. The summed E-state index contributed by atoms with van der Waals surface area (Å²) in [6, 6.07) is 18.1. The first-order valence-electron chi connectivity index (χ1n) is 5.90. The molecule has 0 amide bonds. The first kappa shape index (κ1) is 11.7. The molecule has 0 aliphatic carbocycles. The predicted octanol–water partition coefficient (Wildman–Crippen LogP) is 4.78. The van der Waals surface area contributed by atoms with Crippen LogP contribution in [0.25, 0.3) is 0 Å². The van der Waals surface area contributed by atoms with Crippen molar-refractivity contribution >= 4 is 0 Å². The molecule has 0 saturated heterocycles. The van der Waals surface area contributed by atoms with Crippen molar-refractivity contribution in [1.82, 2.24) is 0 Å². The van der Waals surface area contributed by atoms with E-state index < -0.39 is 0 Å². The van der Waals surface area contributed by atoms with Crippen molar-refractivity contribution in [2.45, 2.75) is 26.2 Å². The Morgan fingerprint density at radius 1 is 0.765 bits per heavy atom. The Morgan fingerprint density at radius 2 is 1.35 bits per heavy atom. The molecule has 0 aliphatic heterocycles. The van der Waals surface area contributed by atoms with Crippen molar-refractivity contribution in [3.05, 3.63) is 60.2 Å². The maximum absolute atomic E-state index is 5.94. The minimum Gasteiger partial charge on any atom is -0.457 e. The maximum atomic E-state index is 5.94. The summed E-state index contributed by atoms with van der Waals surface area (Å²) in [7, 11) is 0. The second kappa shape index (κ2) is 4.62. The summed E-state index contributed by atoms with van der Waals surface area (Å²) in [5.74, 6) is 1.82. The van der Waals surface area contributed by atoms with E-state index in [-0.39, 0.29) is 5.41 Å². The summed E-state index contributed by atoms with van der Waals surface area (Å²) in [6.45, 7) is 6.58. The molecule has 0 atom stereocenters. The fraction of sp³-hybridized carbons (Fsp3) is 0.250. The van der Waals surface area contributed by atoms with Crippen LogP contribution in [0.1, 0.15) is 26.3 Å². The lowest BCUT2D eigenvalue weighted by Gasteiger charge is -2.22. The van der Waals surface area contributed by atoms with E-state index in [1.165, 1.54) is 5.56 Å². The van der Waals surface area contributed by atoms with Crippen molar-refractivity contribution in [1.29, 1.82) is 0 Å². The Morgan fingerprint density at radius 3 is 2.00 bits per heavy atom. The van der Waals surface area contributed by atoms with Crippen LogP contribution < -0.4 is 4.74 Å². The molecule has 0 aromatic heterocycles. The van der Waals surface area contributed by atoms with Gasteiger partial charge in [-0.3, -0.25) is 0 Å². The highest BCUT2D eigenvalue weighted by molar-refractivity contribution is 5.41. The second-order valence-corrected chi connectivity index (χ2v) is 5.16. The van der Waals surface area contributed by atoms with Gasteiger partial charge >= 0.3 is 0 Å². The number of para-hydroxylation sites is 2. The molecule has 0 heterocycles. The highest BCUT2D eigenvalue weighted by Gasteiger charge is 2.18. The molecule has 0 radical (unpaired) electrons. The van der Waals surface area contributed by atoms with Crippen LogP contribution in [-0.2, 0) is 5.41 Å². The Bertz CT molecular complexity index is 480. The van der Waals surface area contributed by atoms with Crippen molar-refractivity contribution in [3.8, 4) is 11.5 Å². The average molecular weight is 226 g/mol. The number of benzene rings is 2. The highest BCUT2D eigenvalue weighted by atomic mass is 16.5. The number of ether oxygens (including phenoxy) is 1. The minimum atomic E-state index is 0.0887. The summed E-state index contributed by atoms with van der Waals surface area (Å²) in [6.07, 6.45) is 0. The minimum absolute atomic E-state index is 0.0887. The van der Waals surface area contributed by atoms with E-state index >= 15 is 0 Å². The van der Waals surface area contributed by atoms with Crippen LogP contribution in [-0.4, -0.2) is 0 Å². The monoisotopic (exact) mass is 226 g/mol. The molecule has 1 nitrogen and oxygen atoms in total. The normalized spacial score (nSPS) is 11.2. The van der Waals surface area contributed by atoms with Gasteiger partial charge in [0.2, 0.25) is 0 Å². The SMILES string of the molecule is CC(C)(C)c1ccccc1Oc1ccccc1. The smallest absolute Gasteiger partial charge is 0.131 e. The van der Waals surface area contributed by atoms with Gasteiger partial charge in [0.25, 0.3) is 0 Å². The maximum Gasteiger partial charge on any atom is 0.131 e. The lowest BCUT2D eigenvalue weighted by Crippen LogP contribution is -2.12. The van der Waals surface area contributed by atoms with Crippen LogP contribution in [0.4, 0.5) is 0 Å². The van der Waals surface area contributed by atoms with Crippen molar-refractivity contribution < 1.29 is 4.74 Å². The molecule has 1 heteroatoms. The zero-order valence-corrected chi connectivity index (χ0v) is 10.6. The fourth-order valence-corrected chi connectivity index (χ4v) is 1.79. The standard InChI is InChI=1S/C16H18O/c1-16(2,3)14-11-7-8-12-15(14)17-13-9-5-4-6-10-13/h4-12H,1-3H3. The van der Waals surface area contributed by atoms with Gasteiger partial charge in [0.15, 0.2) is 0 Å². The third kappa shape index (κ3) is 2.88. The van der Waals surface area contributed by atoms with Crippen LogP contribution in [0.15, 0.2) is 54.6 Å². The first-order chi connectivity index (χ1) is 8.07. The fourth-order valence-electron chi connectivity index (χ4n) is 1.79. The van der Waals surface area contributed by atoms with E-state index in [1.807, 2.05) is 42.5 Å². The van der Waals surface area contributed by atoms with Gasteiger partial charge in [-0.05, 0) is 23.6 Å². The van der Waals surface area contributed by atoms with Crippen LogP contribution in [0, 0.1) is 0 Å². The topological polar surface area (TPSA) is 9.23 Å². The van der Waals surface area contributed by atoms with Crippen LogP contribution in [0.3, 0.4) is 0 Å². The van der Waals surface area contributed by atoms with Gasteiger partial charge in [-0.2, -0.15) is 0 Å². The summed E-state index contributed by atoms with van der Waals surface area (Å²) in [5, 5.41) is 0. The second-order valence-electron chi connectivity index (χ2n) is 5.16. The Kier molecular flexibility index (Phi) is 3.19. The predicted molar refractivity (Wildman–Crippen MR) is 71.7 cm³/mol. The molecule has 2 rings (SSSR count). The zero-order chi connectivity index (χ0) is 12.3. The van der Waals surface area contributed by atoms with E-state index in [9.17, 15) is 0 Å². The molecule has 0 bridgehead atoms. The molecule has 0 spiro atoms. The molecule has 0 unspecified atom stereocenters. The van der Waals surface area contributed by atoms with Gasteiger partial charge in [-0.15, -0.1) is 0 Å². The van der Waals surface area contributed by atoms with Gasteiger partial charge in [0.1, 0.15) is 11.5 Å². The van der Waals surface area contributed by atoms with Crippen LogP contribution >= 0.6 is 0 Å². The molecule has 0 N–H and O–H groups in total. The molecule has 88 valence electrons. The number of hydrogen-bond donors (Lipinski definition) is 0. The van der Waals surface area contributed by atoms with E-state index in [0.29, 0.717) is 0 Å². The van der Waals surface area contributed by atoms with E-state index in [0.717, 1.165) is 11.5 Å². The lowest BCUT2D eigenvalue weighted by atomic mass is 9.86. The lowest BCUT2D eigenvalue weighted by molar-refractivity contribution is 0.455. The molecule has 2 aromatic rings. The van der Waals surface area contributed by atoms with Gasteiger partial charge in [0.05, 0.1) is 0 Å². The molecular formula is C16H18O. The number of hydrogen-bond acceptors (Lipinski definition) is 1. The van der Waals surface area contributed by atoms with Gasteiger partial charge in [0, 0.05) is 5.56 Å². The van der Waals surface area contributed by atoms with Crippen LogP contribution in [0.2, 0.25) is 0 Å². The largest absolute Gasteiger partial charge is 0.457 e. The Labute approximate surface area is 103 Å². The van der Waals surface area contributed by atoms with Crippen molar-refractivity contribution in [3.63, 3.8) is 0 Å². The summed E-state index contributed by atoms with van der Waals surface area (Å²) < 4.78 is 5.94. The number of rotatable bonds is 2. The van der Waals surface area contributed by atoms with Gasteiger partial charge in [-0.25, -0.2) is 0 Å². The molecule has 0 saturated carbocycles. The first-order valence-corrected chi connectivity index (χ1v) is 5.90. The third-order valence-electron chi connectivity index (χ3n) is 2.67. The van der Waals surface area contributed by atoms with E-state index in [4.69, 9.17) is 4.74 Å². The van der Waals surface area contributed by atoms with Crippen molar-refractivity contribution in [2.75, 3.05) is 0 Å². The Balaban J connectivity index is 2.34. The third-order valence-corrected chi connectivity index (χ3v) is 2.67. The quantitative estimate of drug-likeness (QED) is 0.716.